The Balaban J connectivity index is 1.48. The average molecular weight is 396 g/mol. The maximum Gasteiger partial charge on any atom is 0.348 e. The first-order valence-electron chi connectivity index (χ1n) is 8.81. The van der Waals surface area contributed by atoms with Crippen molar-refractivity contribution in [2.75, 3.05) is 13.7 Å². The lowest BCUT2D eigenvalue weighted by molar-refractivity contribution is 0.0479. The summed E-state index contributed by atoms with van der Waals surface area (Å²) in [6.07, 6.45) is 1.72. The van der Waals surface area contributed by atoms with Gasteiger partial charge in [-0.25, -0.2) is 9.18 Å². The molecule has 0 bridgehead atoms. The largest absolute Gasteiger partial charge is 0.497 e. The van der Waals surface area contributed by atoms with E-state index >= 15 is 0 Å². The summed E-state index contributed by atoms with van der Waals surface area (Å²) in [6.45, 7) is -0.374. The van der Waals surface area contributed by atoms with E-state index in [2.05, 4.69) is 0 Å². The first-order valence-corrected chi connectivity index (χ1v) is 9.62. The minimum atomic E-state index is -0.523. The van der Waals surface area contributed by atoms with Crippen LogP contribution in [0.1, 0.15) is 31.2 Å². The predicted molar refractivity (Wildman–Crippen MR) is 105 cm³/mol. The number of benzene rings is 2. The fourth-order valence-electron chi connectivity index (χ4n) is 3.26. The van der Waals surface area contributed by atoms with E-state index in [-0.39, 0.29) is 12.4 Å². The molecule has 4 rings (SSSR count). The molecule has 0 saturated heterocycles. The van der Waals surface area contributed by atoms with E-state index in [0.717, 1.165) is 34.6 Å². The molecule has 1 aromatic heterocycles. The molecule has 0 atom stereocenters. The van der Waals surface area contributed by atoms with Gasteiger partial charge in [-0.05, 0) is 78.1 Å². The standard InChI is InChI=1S/C22H17FO4S/c1-26-17-8-9-18-14(10-17)2-3-15-11-20(28-21(15)18)22(25)27-12-19(24)13-4-6-16(23)7-5-13/h4-11H,2-3,12H2,1H3. The normalized spacial score (nSPS) is 12.1. The van der Waals surface area contributed by atoms with Crippen LogP contribution in [0.4, 0.5) is 4.39 Å². The zero-order valence-corrected chi connectivity index (χ0v) is 16.0. The first kappa shape index (κ1) is 18.4. The van der Waals surface area contributed by atoms with Gasteiger partial charge < -0.3 is 9.47 Å². The molecule has 0 spiro atoms. The summed E-state index contributed by atoms with van der Waals surface area (Å²) in [5, 5.41) is 0. The highest BCUT2D eigenvalue weighted by molar-refractivity contribution is 7.17. The molecule has 2 aromatic carbocycles. The Bertz CT molecular complexity index is 1050. The molecular weight excluding hydrogens is 379 g/mol. The minimum absolute atomic E-state index is 0.308. The van der Waals surface area contributed by atoms with Crippen molar-refractivity contribution in [1.82, 2.24) is 0 Å². The van der Waals surface area contributed by atoms with E-state index in [1.54, 1.807) is 7.11 Å². The molecule has 1 aliphatic carbocycles. The topological polar surface area (TPSA) is 52.6 Å². The van der Waals surface area contributed by atoms with E-state index in [0.29, 0.717) is 10.4 Å². The van der Waals surface area contributed by atoms with Gasteiger partial charge in [0, 0.05) is 10.4 Å². The molecule has 28 heavy (non-hydrogen) atoms. The highest BCUT2D eigenvalue weighted by Gasteiger charge is 2.23. The van der Waals surface area contributed by atoms with Crippen LogP contribution in [0.5, 0.6) is 5.75 Å². The zero-order valence-electron chi connectivity index (χ0n) is 15.2. The van der Waals surface area contributed by atoms with Gasteiger partial charge in [-0.2, -0.15) is 0 Å². The van der Waals surface area contributed by atoms with E-state index < -0.39 is 11.8 Å². The highest BCUT2D eigenvalue weighted by atomic mass is 32.1. The molecule has 0 amide bonds. The van der Waals surface area contributed by atoms with E-state index in [9.17, 15) is 14.0 Å². The number of hydrogen-bond acceptors (Lipinski definition) is 5. The predicted octanol–water partition coefficient (Wildman–Crippen LogP) is 4.70. The van der Waals surface area contributed by atoms with Crippen LogP contribution < -0.4 is 4.74 Å². The number of carbonyl (C=O) groups is 2. The summed E-state index contributed by atoms with van der Waals surface area (Å²) in [5.74, 6) is -0.495. The molecular formula is C22H17FO4S. The lowest BCUT2D eigenvalue weighted by atomic mass is 9.91. The summed E-state index contributed by atoms with van der Waals surface area (Å²) < 4.78 is 23.4. The molecule has 0 fully saturated rings. The molecule has 1 aliphatic rings. The van der Waals surface area contributed by atoms with Gasteiger partial charge in [0.15, 0.2) is 12.4 Å². The molecule has 0 N–H and O–H groups in total. The maximum atomic E-state index is 12.9. The fraction of sp³-hybridized carbons (Fsp3) is 0.182. The second-order valence-corrected chi connectivity index (χ2v) is 7.55. The maximum absolute atomic E-state index is 12.9. The lowest BCUT2D eigenvalue weighted by Gasteiger charge is -2.16. The number of halogens is 1. The summed E-state index contributed by atoms with van der Waals surface area (Å²) in [4.78, 5) is 26.1. The molecule has 0 aliphatic heterocycles. The number of rotatable bonds is 5. The van der Waals surface area contributed by atoms with Gasteiger partial charge in [0.05, 0.1) is 7.11 Å². The van der Waals surface area contributed by atoms with Crippen LogP contribution in [-0.2, 0) is 17.6 Å². The number of Topliss-reactive ketones (excluding diaryl/α,β-unsaturated/α-hetero) is 1. The summed E-state index contributed by atoms with van der Waals surface area (Å²) in [7, 11) is 1.64. The number of thiophene rings is 1. The van der Waals surface area contributed by atoms with Crippen molar-refractivity contribution in [3.63, 3.8) is 0 Å². The SMILES string of the molecule is COc1ccc2c(c1)CCc1cc(C(=O)OCC(=O)c3ccc(F)cc3)sc1-2. The van der Waals surface area contributed by atoms with Gasteiger partial charge in [0.2, 0.25) is 0 Å². The number of hydrogen-bond donors (Lipinski definition) is 0. The van der Waals surface area contributed by atoms with Crippen LogP contribution in [0.25, 0.3) is 10.4 Å². The highest BCUT2D eigenvalue weighted by Crippen LogP contribution is 2.41. The van der Waals surface area contributed by atoms with Crippen molar-refractivity contribution in [1.29, 1.82) is 0 Å². The number of ketones is 1. The fourth-order valence-corrected chi connectivity index (χ4v) is 4.42. The number of ether oxygens (including phenoxy) is 2. The van der Waals surface area contributed by atoms with Crippen LogP contribution >= 0.6 is 11.3 Å². The summed E-state index contributed by atoms with van der Waals surface area (Å²) >= 11 is 1.37. The second kappa shape index (κ2) is 7.56. The molecule has 0 unspecified atom stereocenters. The Morgan fingerprint density at radius 1 is 1.04 bits per heavy atom. The van der Waals surface area contributed by atoms with Crippen molar-refractivity contribution in [3.8, 4) is 16.2 Å². The van der Waals surface area contributed by atoms with Crippen LogP contribution in [0, 0.1) is 5.82 Å². The third-order valence-corrected chi connectivity index (χ3v) is 5.92. The summed E-state index contributed by atoms with van der Waals surface area (Å²) in [5.41, 5.74) is 3.72. The first-order chi connectivity index (χ1) is 13.5. The second-order valence-electron chi connectivity index (χ2n) is 6.49. The van der Waals surface area contributed by atoms with E-state index in [1.165, 1.54) is 41.2 Å². The monoisotopic (exact) mass is 396 g/mol. The molecule has 142 valence electrons. The Kier molecular flexibility index (Phi) is 4.96. The van der Waals surface area contributed by atoms with Crippen LogP contribution in [0.2, 0.25) is 0 Å². The number of esters is 1. The van der Waals surface area contributed by atoms with E-state index in [4.69, 9.17) is 9.47 Å². The van der Waals surface area contributed by atoms with Crippen LogP contribution in [-0.4, -0.2) is 25.5 Å². The third-order valence-electron chi connectivity index (χ3n) is 4.73. The average Bonchev–Trinajstić information content (AvgIpc) is 3.16. The summed E-state index contributed by atoms with van der Waals surface area (Å²) in [6, 6.07) is 12.9. The van der Waals surface area contributed by atoms with Crippen molar-refractivity contribution in [2.45, 2.75) is 12.8 Å². The van der Waals surface area contributed by atoms with Crippen molar-refractivity contribution < 1.29 is 23.5 Å². The molecule has 1 heterocycles. The van der Waals surface area contributed by atoms with Crippen molar-refractivity contribution >= 4 is 23.1 Å². The zero-order chi connectivity index (χ0) is 19.7. The number of methoxy groups -OCH3 is 1. The quantitative estimate of drug-likeness (QED) is 0.463. The molecule has 0 saturated carbocycles. The lowest BCUT2D eigenvalue weighted by Crippen LogP contribution is -2.13. The molecule has 0 radical (unpaired) electrons. The van der Waals surface area contributed by atoms with E-state index in [1.807, 2.05) is 24.3 Å². The van der Waals surface area contributed by atoms with Gasteiger partial charge in [-0.1, -0.05) is 0 Å². The minimum Gasteiger partial charge on any atom is -0.497 e. The molecule has 3 aromatic rings. The van der Waals surface area contributed by atoms with Gasteiger partial charge in [0.25, 0.3) is 0 Å². The van der Waals surface area contributed by atoms with Gasteiger partial charge in [0.1, 0.15) is 16.4 Å². The number of carbonyl (C=O) groups excluding carboxylic acids is 2. The van der Waals surface area contributed by atoms with Gasteiger partial charge in [-0.15, -0.1) is 11.3 Å². The van der Waals surface area contributed by atoms with Crippen molar-refractivity contribution in [3.05, 3.63) is 75.9 Å². The molecule has 4 nitrogen and oxygen atoms in total. The Morgan fingerprint density at radius 2 is 1.79 bits per heavy atom. The van der Waals surface area contributed by atoms with Crippen LogP contribution in [0.3, 0.4) is 0 Å². The van der Waals surface area contributed by atoms with Gasteiger partial charge in [-0.3, -0.25) is 4.79 Å². The van der Waals surface area contributed by atoms with Gasteiger partial charge >= 0.3 is 5.97 Å². The van der Waals surface area contributed by atoms with Crippen molar-refractivity contribution in [2.24, 2.45) is 0 Å². The van der Waals surface area contributed by atoms with Crippen LogP contribution in [0.15, 0.2) is 48.5 Å². The number of aryl methyl sites for hydroxylation is 2. The number of fused-ring (bicyclic) bond motifs is 3. The Hall–Kier alpha value is -2.99. The molecule has 6 heteroatoms. The third kappa shape index (κ3) is 3.55. The Labute approximate surface area is 165 Å². The Morgan fingerprint density at radius 3 is 2.54 bits per heavy atom. The smallest absolute Gasteiger partial charge is 0.348 e.